The minimum Gasteiger partial charge on any atom is -0.378 e. The number of anilines is 1. The van der Waals surface area contributed by atoms with Gasteiger partial charge in [0.05, 0.1) is 23.7 Å². The zero-order valence-corrected chi connectivity index (χ0v) is 20.9. The van der Waals surface area contributed by atoms with Crippen molar-refractivity contribution in [2.45, 2.75) is 10.8 Å². The maximum absolute atomic E-state index is 13.5. The average molecular weight is 494 g/mol. The van der Waals surface area contributed by atoms with E-state index in [1.807, 2.05) is 60.7 Å². The number of ether oxygens (including phenoxy) is 1. The van der Waals surface area contributed by atoms with Gasteiger partial charge in [-0.3, -0.25) is 4.79 Å². The zero-order chi connectivity index (χ0) is 24.8. The van der Waals surface area contributed by atoms with Gasteiger partial charge in [-0.1, -0.05) is 60.7 Å². The van der Waals surface area contributed by atoms with Gasteiger partial charge in [0, 0.05) is 45.3 Å². The number of nitrogens with zero attached hydrogens (tertiary/aromatic N) is 2. The molecule has 1 amide bonds. The minimum atomic E-state index is -3.69. The molecule has 1 fully saturated rings. The highest BCUT2D eigenvalue weighted by molar-refractivity contribution is 7.89. The number of carbonyl (C=O) groups excluding carboxylic acids is 1. The van der Waals surface area contributed by atoms with Crippen LogP contribution in [0.25, 0.3) is 0 Å². The molecule has 4 rings (SSSR count). The van der Waals surface area contributed by atoms with Crippen LogP contribution in [-0.2, 0) is 14.8 Å². The second-order valence-corrected chi connectivity index (χ2v) is 10.8. The van der Waals surface area contributed by atoms with Gasteiger partial charge in [0.1, 0.15) is 0 Å². The number of morpholine rings is 1. The van der Waals surface area contributed by atoms with Crippen LogP contribution in [0, 0.1) is 0 Å². The maximum Gasteiger partial charge on any atom is 0.253 e. The van der Waals surface area contributed by atoms with Gasteiger partial charge >= 0.3 is 0 Å². The molecule has 0 bridgehead atoms. The smallest absolute Gasteiger partial charge is 0.253 e. The highest BCUT2D eigenvalue weighted by Gasteiger charge is 2.25. The van der Waals surface area contributed by atoms with Crippen molar-refractivity contribution in [2.24, 2.45) is 0 Å². The first kappa shape index (κ1) is 24.9. The van der Waals surface area contributed by atoms with Gasteiger partial charge in [-0.25, -0.2) is 12.7 Å². The lowest BCUT2D eigenvalue weighted by atomic mass is 9.91. The first-order valence-corrected chi connectivity index (χ1v) is 13.1. The van der Waals surface area contributed by atoms with Crippen LogP contribution in [0.4, 0.5) is 5.69 Å². The summed E-state index contributed by atoms with van der Waals surface area (Å²) in [6.45, 7) is 2.76. The molecule has 1 saturated heterocycles. The van der Waals surface area contributed by atoms with E-state index < -0.39 is 10.0 Å². The van der Waals surface area contributed by atoms with Crippen LogP contribution < -0.4 is 10.2 Å². The molecular weight excluding hydrogens is 462 g/mol. The topological polar surface area (TPSA) is 79.0 Å². The third kappa shape index (κ3) is 5.73. The molecule has 7 nitrogen and oxygen atoms in total. The molecule has 0 unspecified atom stereocenters. The first-order chi connectivity index (χ1) is 16.9. The molecule has 8 heteroatoms. The Balaban J connectivity index is 1.66. The van der Waals surface area contributed by atoms with Crippen molar-refractivity contribution in [1.82, 2.24) is 9.62 Å². The van der Waals surface area contributed by atoms with E-state index >= 15 is 0 Å². The Morgan fingerprint density at radius 3 is 2.06 bits per heavy atom. The number of carbonyl (C=O) groups is 1. The van der Waals surface area contributed by atoms with E-state index in [1.54, 1.807) is 12.1 Å². The molecule has 35 heavy (non-hydrogen) atoms. The molecule has 3 aromatic rings. The highest BCUT2D eigenvalue weighted by atomic mass is 32.2. The van der Waals surface area contributed by atoms with Crippen molar-refractivity contribution in [1.29, 1.82) is 0 Å². The number of hydrogen-bond donors (Lipinski definition) is 1. The third-order valence-corrected chi connectivity index (χ3v) is 8.02. The molecule has 0 aliphatic carbocycles. The fraction of sp³-hybridized carbons (Fsp3) is 0.296. The number of nitrogens with one attached hydrogen (secondary N) is 1. The summed E-state index contributed by atoms with van der Waals surface area (Å²) in [4.78, 5) is 15.7. The molecule has 0 saturated carbocycles. The average Bonchev–Trinajstić information content (AvgIpc) is 2.90. The van der Waals surface area contributed by atoms with E-state index in [2.05, 4.69) is 10.2 Å². The zero-order valence-electron chi connectivity index (χ0n) is 20.1. The lowest BCUT2D eigenvalue weighted by Crippen LogP contribution is -2.38. The van der Waals surface area contributed by atoms with Crippen LogP contribution >= 0.6 is 0 Å². The summed E-state index contributed by atoms with van der Waals surface area (Å²) in [5.41, 5.74) is 3.24. The van der Waals surface area contributed by atoms with Gasteiger partial charge in [0.2, 0.25) is 10.0 Å². The quantitative estimate of drug-likeness (QED) is 0.521. The van der Waals surface area contributed by atoms with E-state index in [-0.39, 0.29) is 16.7 Å². The Labute approximate surface area is 207 Å². The molecule has 0 aromatic heterocycles. The van der Waals surface area contributed by atoms with Crippen molar-refractivity contribution in [3.8, 4) is 0 Å². The molecular formula is C27H31N3O4S. The van der Waals surface area contributed by atoms with Crippen LogP contribution in [0.5, 0.6) is 0 Å². The van der Waals surface area contributed by atoms with Crippen molar-refractivity contribution in [3.05, 3.63) is 95.6 Å². The van der Waals surface area contributed by atoms with E-state index in [0.717, 1.165) is 15.4 Å². The number of sulfonamides is 1. The summed E-state index contributed by atoms with van der Waals surface area (Å²) in [5.74, 6) is -0.346. The molecule has 0 radical (unpaired) electrons. The van der Waals surface area contributed by atoms with E-state index in [4.69, 9.17) is 4.74 Å². The third-order valence-electron chi connectivity index (χ3n) is 6.21. The summed E-state index contributed by atoms with van der Waals surface area (Å²) in [7, 11) is -0.725. The molecule has 0 spiro atoms. The number of rotatable bonds is 8. The Kier molecular flexibility index (Phi) is 7.85. The molecule has 1 aliphatic rings. The van der Waals surface area contributed by atoms with Crippen LogP contribution in [-0.4, -0.2) is 65.6 Å². The summed E-state index contributed by atoms with van der Waals surface area (Å²) < 4.78 is 32.2. The van der Waals surface area contributed by atoms with Crippen LogP contribution in [0.3, 0.4) is 0 Å². The SMILES string of the molecule is CN(C)S(=O)(=O)c1ccc(N2CCOCC2)c(C(=O)NCC(c2ccccc2)c2ccccc2)c1. The molecule has 3 aromatic carbocycles. The molecule has 0 atom stereocenters. The number of hydrogen-bond acceptors (Lipinski definition) is 5. The fourth-order valence-electron chi connectivity index (χ4n) is 4.24. The molecule has 1 aliphatic heterocycles. The first-order valence-electron chi connectivity index (χ1n) is 11.7. The van der Waals surface area contributed by atoms with Crippen molar-refractivity contribution in [3.63, 3.8) is 0 Å². The lowest BCUT2D eigenvalue weighted by molar-refractivity contribution is 0.0950. The van der Waals surface area contributed by atoms with E-state index in [0.29, 0.717) is 44.1 Å². The van der Waals surface area contributed by atoms with Gasteiger partial charge in [-0.2, -0.15) is 0 Å². The Morgan fingerprint density at radius 1 is 0.943 bits per heavy atom. The lowest BCUT2D eigenvalue weighted by Gasteiger charge is -2.31. The minimum absolute atomic E-state index is 0.0399. The number of benzene rings is 3. The second-order valence-electron chi connectivity index (χ2n) is 8.65. The van der Waals surface area contributed by atoms with Crippen molar-refractivity contribution >= 4 is 21.6 Å². The largest absolute Gasteiger partial charge is 0.378 e. The number of amides is 1. The second kappa shape index (κ2) is 11.0. The van der Waals surface area contributed by atoms with Gasteiger partial charge in [-0.05, 0) is 29.3 Å². The predicted octanol–water partition coefficient (Wildman–Crippen LogP) is 3.34. The summed E-state index contributed by atoms with van der Waals surface area (Å²) in [6, 6.07) is 24.8. The van der Waals surface area contributed by atoms with Crippen LogP contribution in [0.15, 0.2) is 83.8 Å². The molecule has 1 N–H and O–H groups in total. The van der Waals surface area contributed by atoms with Gasteiger partial charge < -0.3 is 15.0 Å². The normalized spacial score (nSPS) is 14.3. The summed E-state index contributed by atoms with van der Waals surface area (Å²) in [6.07, 6.45) is 0. The Morgan fingerprint density at radius 2 is 1.51 bits per heavy atom. The molecule has 1 heterocycles. The van der Waals surface area contributed by atoms with Gasteiger partial charge in [0.15, 0.2) is 0 Å². The summed E-state index contributed by atoms with van der Waals surface area (Å²) >= 11 is 0. The van der Waals surface area contributed by atoms with Crippen molar-refractivity contribution in [2.75, 3.05) is 51.8 Å². The predicted molar refractivity (Wildman–Crippen MR) is 137 cm³/mol. The highest BCUT2D eigenvalue weighted by Crippen LogP contribution is 2.28. The Hall–Kier alpha value is -3.20. The van der Waals surface area contributed by atoms with Gasteiger partial charge in [-0.15, -0.1) is 0 Å². The molecule has 184 valence electrons. The maximum atomic E-state index is 13.5. The monoisotopic (exact) mass is 493 g/mol. The van der Waals surface area contributed by atoms with Crippen LogP contribution in [0.1, 0.15) is 27.4 Å². The standard InChI is InChI=1S/C27H31N3O4S/c1-29(2)35(32,33)23-13-14-26(30-15-17-34-18-16-30)24(19-23)27(31)28-20-25(21-9-5-3-6-10-21)22-11-7-4-8-12-22/h3-14,19,25H,15-18,20H2,1-2H3,(H,28,31). The van der Waals surface area contributed by atoms with Crippen LogP contribution in [0.2, 0.25) is 0 Å². The van der Waals surface area contributed by atoms with Crippen molar-refractivity contribution < 1.29 is 17.9 Å². The van der Waals surface area contributed by atoms with E-state index in [1.165, 1.54) is 20.2 Å². The van der Waals surface area contributed by atoms with Gasteiger partial charge in [0.25, 0.3) is 5.91 Å². The fourth-order valence-corrected chi connectivity index (χ4v) is 5.17. The summed E-state index contributed by atoms with van der Waals surface area (Å²) in [5, 5.41) is 3.08. The van der Waals surface area contributed by atoms with E-state index in [9.17, 15) is 13.2 Å². The Bertz CT molecular complexity index is 1200.